The van der Waals surface area contributed by atoms with Crippen LogP contribution in [0, 0.1) is 5.92 Å². The molecule has 6 heteroatoms. The first-order valence-corrected chi connectivity index (χ1v) is 8.45. The van der Waals surface area contributed by atoms with Crippen LogP contribution in [0.5, 0.6) is 0 Å². The monoisotopic (exact) mass is 324 g/mol. The average Bonchev–Trinajstić information content (AvgIpc) is 2.86. The largest absolute Gasteiger partial charge is 0.431 e. The van der Waals surface area contributed by atoms with Gasteiger partial charge in [0, 0.05) is 24.2 Å². The zero-order chi connectivity index (χ0) is 14.8. The van der Waals surface area contributed by atoms with Crippen LogP contribution in [0.25, 0.3) is 11.1 Å². The van der Waals surface area contributed by atoms with Crippen molar-refractivity contribution >= 4 is 40.4 Å². The highest BCUT2D eigenvalue weighted by molar-refractivity contribution is 7.99. The first kappa shape index (κ1) is 14.7. The van der Waals surface area contributed by atoms with E-state index in [9.17, 15) is 4.79 Å². The molecule has 2 aromatic rings. The van der Waals surface area contributed by atoms with E-state index >= 15 is 0 Å². The minimum Gasteiger partial charge on any atom is -0.431 e. The smallest absolute Gasteiger partial charge is 0.257 e. The third-order valence-electron chi connectivity index (χ3n) is 3.66. The van der Waals surface area contributed by atoms with E-state index < -0.39 is 0 Å². The molecule has 1 unspecified atom stereocenters. The lowest BCUT2D eigenvalue weighted by Crippen LogP contribution is -2.40. The molecule has 0 radical (unpaired) electrons. The van der Waals surface area contributed by atoms with Gasteiger partial charge in [-0.05, 0) is 30.9 Å². The van der Waals surface area contributed by atoms with Crippen molar-refractivity contribution in [1.82, 2.24) is 9.88 Å². The summed E-state index contributed by atoms with van der Waals surface area (Å²) in [6.07, 6.45) is 2.31. The van der Waals surface area contributed by atoms with E-state index in [2.05, 4.69) is 11.9 Å². The van der Waals surface area contributed by atoms with Crippen molar-refractivity contribution in [2.75, 3.05) is 18.8 Å². The number of hydrogen-bond donors (Lipinski definition) is 0. The van der Waals surface area contributed by atoms with Crippen LogP contribution < -0.4 is 0 Å². The maximum atomic E-state index is 12.2. The molecular weight excluding hydrogens is 308 g/mol. The van der Waals surface area contributed by atoms with Crippen molar-refractivity contribution in [1.29, 1.82) is 0 Å². The van der Waals surface area contributed by atoms with E-state index in [0.29, 0.717) is 27.5 Å². The number of piperidine rings is 1. The molecule has 0 aliphatic carbocycles. The number of rotatable bonds is 3. The molecule has 0 N–H and O–H groups in total. The summed E-state index contributed by atoms with van der Waals surface area (Å²) in [6.45, 7) is 3.92. The number of thioether (sulfide) groups is 1. The number of carbonyl (C=O) groups is 1. The number of hydrogen-bond acceptors (Lipinski definition) is 4. The van der Waals surface area contributed by atoms with E-state index in [4.69, 9.17) is 16.0 Å². The fraction of sp³-hybridized carbons (Fsp3) is 0.467. The van der Waals surface area contributed by atoms with Crippen LogP contribution in [0.15, 0.2) is 27.8 Å². The third kappa shape index (κ3) is 3.52. The zero-order valence-corrected chi connectivity index (χ0v) is 13.4. The average molecular weight is 325 g/mol. The van der Waals surface area contributed by atoms with E-state index in [-0.39, 0.29) is 5.91 Å². The Hall–Kier alpha value is -1.20. The minimum absolute atomic E-state index is 0.159. The lowest BCUT2D eigenvalue weighted by molar-refractivity contribution is -0.130. The lowest BCUT2D eigenvalue weighted by atomic mass is 10.0. The number of carbonyl (C=O) groups excluding carboxylic acids is 1. The Bertz CT molecular complexity index is 658. The summed E-state index contributed by atoms with van der Waals surface area (Å²) in [5.74, 6) is 1.12. The fourth-order valence-electron chi connectivity index (χ4n) is 2.57. The van der Waals surface area contributed by atoms with E-state index in [1.807, 2.05) is 11.0 Å². The van der Waals surface area contributed by atoms with Crippen LogP contribution in [0.1, 0.15) is 19.8 Å². The summed E-state index contributed by atoms with van der Waals surface area (Å²) in [6, 6.07) is 5.34. The Morgan fingerprint density at radius 2 is 2.43 bits per heavy atom. The fourth-order valence-corrected chi connectivity index (χ4v) is 3.47. The van der Waals surface area contributed by atoms with Crippen molar-refractivity contribution < 1.29 is 9.21 Å². The summed E-state index contributed by atoms with van der Waals surface area (Å²) >= 11 is 7.26. The van der Waals surface area contributed by atoms with E-state index in [1.54, 1.807) is 12.1 Å². The zero-order valence-electron chi connectivity index (χ0n) is 11.8. The molecule has 2 heterocycles. The van der Waals surface area contributed by atoms with Gasteiger partial charge in [-0.3, -0.25) is 4.79 Å². The summed E-state index contributed by atoms with van der Waals surface area (Å²) in [7, 11) is 0. The SMILES string of the molecule is CC1CCCN(C(=O)CSc2nc3ccc(Cl)cc3o2)C1. The predicted molar refractivity (Wildman–Crippen MR) is 84.7 cm³/mol. The van der Waals surface area contributed by atoms with Gasteiger partial charge in [-0.2, -0.15) is 0 Å². The van der Waals surface area contributed by atoms with Crippen molar-refractivity contribution in [3.63, 3.8) is 0 Å². The number of benzene rings is 1. The van der Waals surface area contributed by atoms with Gasteiger partial charge < -0.3 is 9.32 Å². The van der Waals surface area contributed by atoms with Crippen LogP contribution in [0.4, 0.5) is 0 Å². The van der Waals surface area contributed by atoms with Gasteiger partial charge in [0.15, 0.2) is 5.58 Å². The number of oxazole rings is 1. The molecule has 1 saturated heterocycles. The molecule has 4 nitrogen and oxygen atoms in total. The Morgan fingerprint density at radius 3 is 3.24 bits per heavy atom. The summed E-state index contributed by atoms with van der Waals surface area (Å²) in [4.78, 5) is 18.5. The summed E-state index contributed by atoms with van der Waals surface area (Å²) in [5, 5.41) is 1.14. The third-order valence-corrected chi connectivity index (χ3v) is 4.71. The second kappa shape index (κ2) is 6.28. The highest BCUT2D eigenvalue weighted by atomic mass is 35.5. The standard InChI is InChI=1S/C15H17ClN2O2S/c1-10-3-2-6-18(8-10)14(19)9-21-15-17-12-5-4-11(16)7-13(12)20-15/h4-5,7,10H,2-3,6,8-9H2,1H3. The minimum atomic E-state index is 0.159. The van der Waals surface area contributed by atoms with Crippen molar-refractivity contribution in [2.24, 2.45) is 5.92 Å². The number of halogens is 1. The second-order valence-corrected chi connectivity index (χ2v) is 6.83. The maximum Gasteiger partial charge on any atom is 0.257 e. The molecule has 1 aromatic carbocycles. The second-order valence-electron chi connectivity index (χ2n) is 5.47. The van der Waals surface area contributed by atoms with Crippen LogP contribution in [0.3, 0.4) is 0 Å². The number of fused-ring (bicyclic) bond motifs is 1. The molecule has 0 spiro atoms. The Balaban J connectivity index is 1.61. The van der Waals surface area contributed by atoms with E-state index in [1.165, 1.54) is 18.2 Å². The molecular formula is C15H17ClN2O2S. The molecule has 112 valence electrons. The topological polar surface area (TPSA) is 46.3 Å². The highest BCUT2D eigenvalue weighted by Gasteiger charge is 2.21. The molecule has 1 atom stereocenters. The molecule has 0 saturated carbocycles. The predicted octanol–water partition coefficient (Wildman–Crippen LogP) is 3.83. The lowest BCUT2D eigenvalue weighted by Gasteiger charge is -2.30. The van der Waals surface area contributed by atoms with Gasteiger partial charge in [0.25, 0.3) is 5.22 Å². The van der Waals surface area contributed by atoms with Gasteiger partial charge in [-0.15, -0.1) is 0 Å². The highest BCUT2D eigenvalue weighted by Crippen LogP contribution is 2.26. The van der Waals surface area contributed by atoms with Crippen LogP contribution in [-0.2, 0) is 4.79 Å². The normalized spacial score (nSPS) is 19.1. The molecule has 1 aliphatic heterocycles. The maximum absolute atomic E-state index is 12.2. The molecule has 1 fully saturated rings. The van der Waals surface area contributed by atoms with Crippen LogP contribution >= 0.6 is 23.4 Å². The van der Waals surface area contributed by atoms with E-state index in [0.717, 1.165) is 25.0 Å². The van der Waals surface area contributed by atoms with Crippen LogP contribution in [0.2, 0.25) is 5.02 Å². The number of nitrogens with zero attached hydrogens (tertiary/aromatic N) is 2. The van der Waals surface area contributed by atoms with Crippen LogP contribution in [-0.4, -0.2) is 34.6 Å². The van der Waals surface area contributed by atoms with Gasteiger partial charge in [0.2, 0.25) is 5.91 Å². The quantitative estimate of drug-likeness (QED) is 0.805. The Kier molecular flexibility index (Phi) is 4.40. The van der Waals surface area contributed by atoms with Crippen molar-refractivity contribution in [3.05, 3.63) is 23.2 Å². The number of likely N-dealkylation sites (tertiary alicyclic amines) is 1. The number of aromatic nitrogens is 1. The molecule has 0 bridgehead atoms. The first-order chi connectivity index (χ1) is 10.1. The molecule has 1 aromatic heterocycles. The molecule has 1 aliphatic rings. The molecule has 21 heavy (non-hydrogen) atoms. The van der Waals surface area contributed by atoms with Crippen molar-refractivity contribution in [3.8, 4) is 0 Å². The van der Waals surface area contributed by atoms with Gasteiger partial charge >= 0.3 is 0 Å². The number of amides is 1. The van der Waals surface area contributed by atoms with Gasteiger partial charge in [0.1, 0.15) is 5.52 Å². The summed E-state index contributed by atoms with van der Waals surface area (Å²) in [5.41, 5.74) is 1.42. The van der Waals surface area contributed by atoms with Gasteiger partial charge in [0.05, 0.1) is 5.75 Å². The summed E-state index contributed by atoms with van der Waals surface area (Å²) < 4.78 is 5.60. The Labute approximate surface area is 132 Å². The Morgan fingerprint density at radius 1 is 1.57 bits per heavy atom. The first-order valence-electron chi connectivity index (χ1n) is 7.08. The molecule has 3 rings (SSSR count). The van der Waals surface area contributed by atoms with Crippen molar-refractivity contribution in [2.45, 2.75) is 25.0 Å². The molecule has 1 amide bonds. The van der Waals surface area contributed by atoms with Gasteiger partial charge in [-0.25, -0.2) is 4.98 Å². The van der Waals surface area contributed by atoms with Gasteiger partial charge in [-0.1, -0.05) is 30.3 Å².